The molecule has 0 amide bonds. The van der Waals surface area contributed by atoms with Gasteiger partial charge in [0.05, 0.1) is 0 Å². The molecule has 0 fully saturated rings. The molecule has 0 spiro atoms. The van der Waals surface area contributed by atoms with Crippen LogP contribution < -0.4 is 5.32 Å². The van der Waals surface area contributed by atoms with Gasteiger partial charge < -0.3 is 5.32 Å². The number of hydrogen-bond acceptors (Lipinski definition) is 1. The van der Waals surface area contributed by atoms with Crippen LogP contribution in [0.25, 0.3) is 11.1 Å². The Bertz CT molecular complexity index is 579. The van der Waals surface area contributed by atoms with Crippen LogP contribution in [0.1, 0.15) is 18.1 Å². The maximum absolute atomic E-state index is 13.7. The maximum atomic E-state index is 13.7. The highest BCUT2D eigenvalue weighted by molar-refractivity contribution is 5.65. The lowest BCUT2D eigenvalue weighted by Gasteiger charge is -2.08. The molecule has 2 rings (SSSR count). The van der Waals surface area contributed by atoms with Gasteiger partial charge in [0.1, 0.15) is 11.6 Å². The molecule has 0 aliphatic rings. The molecule has 0 saturated carbocycles. The Morgan fingerprint density at radius 2 is 1.58 bits per heavy atom. The Morgan fingerprint density at radius 3 is 2.21 bits per heavy atom. The minimum Gasteiger partial charge on any atom is -0.313 e. The molecule has 0 unspecified atom stereocenters. The SMILES string of the molecule is CCNCc1cc(-c2ccc(F)c(C)c2)ccc1F. The van der Waals surface area contributed by atoms with Gasteiger partial charge in [-0.3, -0.25) is 0 Å². The van der Waals surface area contributed by atoms with Crippen LogP contribution in [0.15, 0.2) is 36.4 Å². The molecule has 0 aromatic heterocycles. The summed E-state index contributed by atoms with van der Waals surface area (Å²) < 4.78 is 26.9. The fourth-order valence-corrected chi connectivity index (χ4v) is 1.97. The van der Waals surface area contributed by atoms with Gasteiger partial charge in [-0.15, -0.1) is 0 Å². The average Bonchev–Trinajstić information content (AvgIpc) is 2.41. The van der Waals surface area contributed by atoms with Gasteiger partial charge >= 0.3 is 0 Å². The predicted octanol–water partition coefficient (Wildman–Crippen LogP) is 4.05. The van der Waals surface area contributed by atoms with Gasteiger partial charge in [0.25, 0.3) is 0 Å². The highest BCUT2D eigenvalue weighted by atomic mass is 19.1. The lowest BCUT2D eigenvalue weighted by Crippen LogP contribution is -2.12. The molecule has 0 atom stereocenters. The molecule has 19 heavy (non-hydrogen) atoms. The molecule has 0 aliphatic carbocycles. The molecule has 3 heteroatoms. The Morgan fingerprint density at radius 1 is 0.947 bits per heavy atom. The number of rotatable bonds is 4. The van der Waals surface area contributed by atoms with Crippen molar-refractivity contribution < 1.29 is 8.78 Å². The topological polar surface area (TPSA) is 12.0 Å². The quantitative estimate of drug-likeness (QED) is 0.875. The van der Waals surface area contributed by atoms with E-state index in [1.807, 2.05) is 13.0 Å². The zero-order valence-electron chi connectivity index (χ0n) is 11.1. The van der Waals surface area contributed by atoms with Crippen LogP contribution in [0.4, 0.5) is 8.78 Å². The Balaban J connectivity index is 2.36. The van der Waals surface area contributed by atoms with Crippen LogP contribution >= 0.6 is 0 Å². The first-order chi connectivity index (χ1) is 9.11. The van der Waals surface area contributed by atoms with Crippen LogP contribution in [-0.2, 0) is 6.54 Å². The average molecular weight is 261 g/mol. The molecule has 1 N–H and O–H groups in total. The van der Waals surface area contributed by atoms with Crippen LogP contribution in [0, 0.1) is 18.6 Å². The molecule has 1 nitrogen and oxygen atoms in total. The van der Waals surface area contributed by atoms with Gasteiger partial charge in [0.2, 0.25) is 0 Å². The highest BCUT2D eigenvalue weighted by Crippen LogP contribution is 2.24. The van der Waals surface area contributed by atoms with Gasteiger partial charge in [0, 0.05) is 12.1 Å². The molecule has 0 radical (unpaired) electrons. The number of benzene rings is 2. The van der Waals surface area contributed by atoms with Crippen molar-refractivity contribution in [2.45, 2.75) is 20.4 Å². The van der Waals surface area contributed by atoms with Gasteiger partial charge in [-0.2, -0.15) is 0 Å². The van der Waals surface area contributed by atoms with Crippen molar-refractivity contribution in [3.63, 3.8) is 0 Å². The molecule has 0 aliphatic heterocycles. The van der Waals surface area contributed by atoms with E-state index in [1.54, 1.807) is 25.1 Å². The second-order valence-corrected chi connectivity index (χ2v) is 4.55. The van der Waals surface area contributed by atoms with Crippen LogP contribution in [0.5, 0.6) is 0 Å². The van der Waals surface area contributed by atoms with E-state index >= 15 is 0 Å². The van der Waals surface area contributed by atoms with E-state index in [4.69, 9.17) is 0 Å². The molecular formula is C16H17F2N. The molecule has 100 valence electrons. The van der Waals surface area contributed by atoms with Gasteiger partial charge in [-0.05, 0) is 54.4 Å². The summed E-state index contributed by atoms with van der Waals surface area (Å²) >= 11 is 0. The van der Waals surface area contributed by atoms with Gasteiger partial charge in [-0.1, -0.05) is 19.1 Å². The Hall–Kier alpha value is -1.74. The first-order valence-electron chi connectivity index (χ1n) is 6.37. The van der Waals surface area contributed by atoms with Gasteiger partial charge in [-0.25, -0.2) is 8.78 Å². The van der Waals surface area contributed by atoms with E-state index < -0.39 is 0 Å². The van der Waals surface area contributed by atoms with E-state index in [1.165, 1.54) is 12.1 Å². The Kier molecular flexibility index (Phi) is 4.27. The van der Waals surface area contributed by atoms with E-state index in [-0.39, 0.29) is 11.6 Å². The standard InChI is InChI=1S/C16H17F2N/c1-3-19-10-14-9-13(5-7-16(14)18)12-4-6-15(17)11(2)8-12/h4-9,19H,3,10H2,1-2H3. The number of aryl methyl sites for hydroxylation is 1. The summed E-state index contributed by atoms with van der Waals surface area (Å²) in [6, 6.07) is 9.92. The maximum Gasteiger partial charge on any atom is 0.127 e. The summed E-state index contributed by atoms with van der Waals surface area (Å²) in [4.78, 5) is 0. The molecule has 0 saturated heterocycles. The van der Waals surface area contributed by atoms with Crippen molar-refractivity contribution in [1.29, 1.82) is 0 Å². The third-order valence-corrected chi connectivity index (χ3v) is 3.10. The molecule has 2 aromatic rings. The van der Waals surface area contributed by atoms with Crippen molar-refractivity contribution in [2.75, 3.05) is 6.54 Å². The summed E-state index contributed by atoms with van der Waals surface area (Å²) in [5, 5.41) is 3.10. The monoisotopic (exact) mass is 261 g/mol. The molecule has 0 heterocycles. The van der Waals surface area contributed by atoms with Crippen LogP contribution in [0.2, 0.25) is 0 Å². The lowest BCUT2D eigenvalue weighted by molar-refractivity contribution is 0.593. The second kappa shape index (κ2) is 5.93. The van der Waals surface area contributed by atoms with Crippen LogP contribution in [0.3, 0.4) is 0 Å². The summed E-state index contributed by atoms with van der Waals surface area (Å²) in [5.74, 6) is -0.442. The van der Waals surface area contributed by atoms with E-state index in [0.29, 0.717) is 17.7 Å². The largest absolute Gasteiger partial charge is 0.313 e. The lowest BCUT2D eigenvalue weighted by atomic mass is 10.0. The molecule has 0 bridgehead atoms. The minimum atomic E-state index is -0.223. The van der Waals surface area contributed by atoms with Crippen molar-refractivity contribution >= 4 is 0 Å². The van der Waals surface area contributed by atoms with E-state index in [2.05, 4.69) is 5.32 Å². The highest BCUT2D eigenvalue weighted by Gasteiger charge is 2.06. The Labute approximate surface area is 112 Å². The summed E-state index contributed by atoms with van der Waals surface area (Å²) in [5.41, 5.74) is 3.02. The number of halogens is 2. The van der Waals surface area contributed by atoms with Crippen molar-refractivity contribution in [3.8, 4) is 11.1 Å². The zero-order valence-corrected chi connectivity index (χ0v) is 11.1. The minimum absolute atomic E-state index is 0.219. The summed E-state index contributed by atoms with van der Waals surface area (Å²) in [6.45, 7) is 4.99. The zero-order chi connectivity index (χ0) is 13.8. The molecular weight excluding hydrogens is 244 g/mol. The predicted molar refractivity (Wildman–Crippen MR) is 73.9 cm³/mol. The van der Waals surface area contributed by atoms with E-state index in [0.717, 1.165) is 17.7 Å². The number of nitrogens with one attached hydrogen (secondary N) is 1. The van der Waals surface area contributed by atoms with Crippen molar-refractivity contribution in [1.82, 2.24) is 5.32 Å². The van der Waals surface area contributed by atoms with Crippen LogP contribution in [-0.4, -0.2) is 6.54 Å². The van der Waals surface area contributed by atoms with Crippen molar-refractivity contribution in [2.24, 2.45) is 0 Å². The molecule has 2 aromatic carbocycles. The summed E-state index contributed by atoms with van der Waals surface area (Å²) in [6.07, 6.45) is 0. The fraction of sp³-hybridized carbons (Fsp3) is 0.250. The summed E-state index contributed by atoms with van der Waals surface area (Å²) in [7, 11) is 0. The smallest absolute Gasteiger partial charge is 0.127 e. The first-order valence-corrected chi connectivity index (χ1v) is 6.37. The first kappa shape index (κ1) is 13.7. The fourth-order valence-electron chi connectivity index (χ4n) is 1.97. The van der Waals surface area contributed by atoms with Gasteiger partial charge in [0.15, 0.2) is 0 Å². The van der Waals surface area contributed by atoms with E-state index in [9.17, 15) is 8.78 Å². The van der Waals surface area contributed by atoms with Crippen molar-refractivity contribution in [3.05, 3.63) is 59.2 Å². The third kappa shape index (κ3) is 3.18. The normalized spacial score (nSPS) is 10.7. The third-order valence-electron chi connectivity index (χ3n) is 3.10. The second-order valence-electron chi connectivity index (χ2n) is 4.55. The number of hydrogen-bond donors (Lipinski definition) is 1.